The van der Waals surface area contributed by atoms with Crippen LogP contribution in [0.15, 0.2) is 0 Å². The summed E-state index contributed by atoms with van der Waals surface area (Å²) in [4.78, 5) is 10.0. The highest BCUT2D eigenvalue weighted by Crippen LogP contribution is 2.21. The van der Waals surface area contributed by atoms with E-state index in [4.69, 9.17) is 5.73 Å². The molecule has 7 heavy (non-hydrogen) atoms. The van der Waals surface area contributed by atoms with Crippen LogP contribution in [0.2, 0.25) is 0 Å². The highest BCUT2D eigenvalue weighted by Gasteiger charge is 1.95. The van der Waals surface area contributed by atoms with Gasteiger partial charge in [-0.2, -0.15) is 0 Å². The van der Waals surface area contributed by atoms with E-state index < -0.39 is 0 Å². The van der Waals surface area contributed by atoms with E-state index in [-0.39, 0.29) is 13.8 Å². The molecule has 0 fully saturated rings. The van der Waals surface area contributed by atoms with Gasteiger partial charge in [-0.15, -0.1) is 7.92 Å². The predicted octanol–water partition coefficient (Wildman–Crippen LogP) is 0.213. The molecule has 0 aromatic rings. The lowest BCUT2D eigenvalue weighted by Crippen LogP contribution is -2.13. The second kappa shape index (κ2) is 2.98. The Balaban J connectivity index is 3.13. The van der Waals surface area contributed by atoms with E-state index in [0.717, 1.165) is 0 Å². The molecule has 0 atom stereocenters. The van der Waals surface area contributed by atoms with Crippen molar-refractivity contribution in [3.8, 4) is 0 Å². The second-order valence-electron chi connectivity index (χ2n) is 1.70. The summed E-state index contributed by atoms with van der Waals surface area (Å²) in [6.45, 7) is 4.06. The van der Waals surface area contributed by atoms with Crippen molar-refractivity contribution in [3.05, 3.63) is 0 Å². The van der Waals surface area contributed by atoms with Crippen LogP contribution in [0.4, 0.5) is 0 Å². The summed E-state index contributed by atoms with van der Waals surface area (Å²) in [5.74, 6) is -0.184. The van der Waals surface area contributed by atoms with Gasteiger partial charge in [-0.25, -0.2) is 0 Å². The molecule has 0 aliphatic carbocycles. The van der Waals surface area contributed by atoms with Crippen LogP contribution in [-0.2, 0) is 4.79 Å². The van der Waals surface area contributed by atoms with E-state index in [9.17, 15) is 4.79 Å². The van der Waals surface area contributed by atoms with Gasteiger partial charge < -0.3 is 5.73 Å². The van der Waals surface area contributed by atoms with Crippen molar-refractivity contribution in [2.24, 2.45) is 5.73 Å². The average molecular weight is 119 g/mol. The van der Waals surface area contributed by atoms with E-state index in [0.29, 0.717) is 6.16 Å². The third-order valence-electron chi connectivity index (χ3n) is 0.472. The lowest BCUT2D eigenvalue weighted by molar-refractivity contribution is -0.115. The normalized spacial score (nSPS) is 9.57. The van der Waals surface area contributed by atoms with Gasteiger partial charge in [0, 0.05) is 6.16 Å². The summed E-state index contributed by atoms with van der Waals surface area (Å²) in [6, 6.07) is 0. The molecule has 0 unspecified atom stereocenters. The van der Waals surface area contributed by atoms with Crippen molar-refractivity contribution in [1.29, 1.82) is 0 Å². The van der Waals surface area contributed by atoms with Crippen LogP contribution < -0.4 is 5.73 Å². The Morgan fingerprint density at radius 3 is 2.14 bits per heavy atom. The predicted molar refractivity (Wildman–Crippen MR) is 32.8 cm³/mol. The van der Waals surface area contributed by atoms with Crippen LogP contribution in [-0.4, -0.2) is 25.4 Å². The third kappa shape index (κ3) is 5.90. The summed E-state index contributed by atoms with van der Waals surface area (Å²) in [5.41, 5.74) is 4.87. The molecular weight excluding hydrogens is 109 g/mol. The van der Waals surface area contributed by atoms with Crippen LogP contribution in [0.5, 0.6) is 0 Å². The SMILES string of the molecule is CP(C)CC(N)=O. The van der Waals surface area contributed by atoms with Gasteiger partial charge in [-0.1, -0.05) is 0 Å². The van der Waals surface area contributed by atoms with Crippen molar-refractivity contribution in [3.63, 3.8) is 0 Å². The lowest BCUT2D eigenvalue weighted by Gasteiger charge is -1.96. The van der Waals surface area contributed by atoms with E-state index >= 15 is 0 Å². The first-order valence-electron chi connectivity index (χ1n) is 2.06. The Labute approximate surface area is 44.8 Å². The van der Waals surface area contributed by atoms with Crippen LogP contribution in [0, 0.1) is 0 Å². The standard InChI is InChI=1S/C4H10NOP/c1-7(2)3-4(5)6/h3H2,1-2H3,(H2,5,6). The molecule has 2 N–H and O–H groups in total. The lowest BCUT2D eigenvalue weighted by atomic mass is 10.8. The highest BCUT2D eigenvalue weighted by atomic mass is 31.1. The number of amides is 1. The minimum absolute atomic E-state index is 0.114. The summed E-state index contributed by atoms with van der Waals surface area (Å²) < 4.78 is 0. The van der Waals surface area contributed by atoms with Crippen LogP contribution >= 0.6 is 7.92 Å². The Morgan fingerprint density at radius 2 is 2.14 bits per heavy atom. The Hall–Kier alpha value is -0.100. The van der Waals surface area contributed by atoms with Crippen molar-refractivity contribution >= 4 is 13.8 Å². The quantitative estimate of drug-likeness (QED) is 0.519. The Morgan fingerprint density at radius 1 is 1.71 bits per heavy atom. The minimum atomic E-state index is -0.184. The first kappa shape index (κ1) is 6.90. The molecule has 0 saturated carbocycles. The van der Waals surface area contributed by atoms with Gasteiger partial charge in [0.05, 0.1) is 0 Å². The summed E-state index contributed by atoms with van der Waals surface area (Å²) in [6.07, 6.45) is 0.565. The van der Waals surface area contributed by atoms with Crippen LogP contribution in [0.25, 0.3) is 0 Å². The summed E-state index contributed by atoms with van der Waals surface area (Å²) in [5, 5.41) is 0. The molecule has 0 aromatic heterocycles. The topological polar surface area (TPSA) is 43.1 Å². The fourth-order valence-electron chi connectivity index (χ4n) is 0.312. The van der Waals surface area contributed by atoms with Crippen LogP contribution in [0.1, 0.15) is 0 Å². The maximum absolute atomic E-state index is 10.0. The Kier molecular flexibility index (Phi) is 2.93. The molecule has 42 valence electrons. The van der Waals surface area contributed by atoms with Crippen molar-refractivity contribution < 1.29 is 4.79 Å². The molecule has 0 radical (unpaired) electrons. The number of hydrogen-bond donors (Lipinski definition) is 1. The molecule has 0 aromatic carbocycles. The molecule has 1 amide bonds. The summed E-state index contributed by atoms with van der Waals surface area (Å²) in [7, 11) is -0.114. The van der Waals surface area contributed by atoms with E-state index in [1.54, 1.807) is 0 Å². The summed E-state index contributed by atoms with van der Waals surface area (Å²) >= 11 is 0. The maximum Gasteiger partial charge on any atom is 0.221 e. The first-order chi connectivity index (χ1) is 3.13. The number of rotatable bonds is 2. The zero-order valence-electron chi connectivity index (χ0n) is 4.64. The fourth-order valence-corrected chi connectivity index (χ4v) is 0.935. The van der Waals surface area contributed by atoms with Gasteiger partial charge in [0.2, 0.25) is 5.91 Å². The average Bonchev–Trinajstić information content (AvgIpc) is 1.27. The second-order valence-corrected chi connectivity index (χ2v) is 4.18. The zero-order chi connectivity index (χ0) is 5.86. The molecule has 0 saturated heterocycles. The molecule has 0 rings (SSSR count). The fraction of sp³-hybridized carbons (Fsp3) is 0.750. The molecular formula is C4H10NOP. The number of carbonyl (C=O) groups is 1. The third-order valence-corrected chi connectivity index (χ3v) is 1.42. The van der Waals surface area contributed by atoms with Crippen molar-refractivity contribution in [2.45, 2.75) is 0 Å². The number of nitrogens with two attached hydrogens (primary N) is 1. The van der Waals surface area contributed by atoms with Gasteiger partial charge in [-0.3, -0.25) is 4.79 Å². The Bertz CT molecular complexity index is 72.1. The van der Waals surface area contributed by atoms with E-state index in [1.807, 2.05) is 13.3 Å². The number of hydrogen-bond acceptors (Lipinski definition) is 1. The number of primary amides is 1. The molecule has 0 bridgehead atoms. The number of carbonyl (C=O) groups excluding carboxylic acids is 1. The van der Waals surface area contributed by atoms with Gasteiger partial charge in [0.1, 0.15) is 0 Å². The van der Waals surface area contributed by atoms with E-state index in [1.165, 1.54) is 0 Å². The molecule has 0 spiro atoms. The highest BCUT2D eigenvalue weighted by molar-refractivity contribution is 7.56. The van der Waals surface area contributed by atoms with Crippen molar-refractivity contribution in [2.75, 3.05) is 19.5 Å². The molecule has 0 heterocycles. The molecule has 2 nitrogen and oxygen atoms in total. The smallest absolute Gasteiger partial charge is 0.221 e. The maximum atomic E-state index is 10.0. The largest absolute Gasteiger partial charge is 0.369 e. The van der Waals surface area contributed by atoms with Crippen LogP contribution in [0.3, 0.4) is 0 Å². The molecule has 3 heteroatoms. The van der Waals surface area contributed by atoms with Gasteiger partial charge in [0.25, 0.3) is 0 Å². The monoisotopic (exact) mass is 119 g/mol. The van der Waals surface area contributed by atoms with Gasteiger partial charge in [-0.05, 0) is 13.3 Å². The first-order valence-corrected chi connectivity index (χ1v) is 4.48. The molecule has 0 aliphatic heterocycles. The van der Waals surface area contributed by atoms with Gasteiger partial charge >= 0.3 is 0 Å². The van der Waals surface area contributed by atoms with E-state index in [2.05, 4.69) is 0 Å². The molecule has 0 aliphatic rings. The van der Waals surface area contributed by atoms with Gasteiger partial charge in [0.15, 0.2) is 0 Å². The van der Waals surface area contributed by atoms with Crippen molar-refractivity contribution in [1.82, 2.24) is 0 Å². The minimum Gasteiger partial charge on any atom is -0.369 e. The zero-order valence-corrected chi connectivity index (χ0v) is 5.53.